The predicted octanol–water partition coefficient (Wildman–Crippen LogP) is 5.30. The quantitative estimate of drug-likeness (QED) is 0.502. The Morgan fingerprint density at radius 1 is 0.875 bits per heavy atom. The van der Waals surface area contributed by atoms with Gasteiger partial charge in [0.25, 0.3) is 5.91 Å². The Kier molecular flexibility index (Phi) is 4.84. The lowest BCUT2D eigenvalue weighted by molar-refractivity contribution is 0.0955. The van der Waals surface area contributed by atoms with Gasteiger partial charge in [0.1, 0.15) is 0 Å². The van der Waals surface area contributed by atoms with Crippen molar-refractivity contribution in [3.05, 3.63) is 81.8 Å². The maximum atomic E-state index is 12.1. The molecule has 0 saturated carbocycles. The van der Waals surface area contributed by atoms with Crippen LogP contribution >= 0.6 is 23.2 Å². The molecule has 5 heteroatoms. The molecule has 3 aromatic rings. The van der Waals surface area contributed by atoms with Crippen molar-refractivity contribution in [1.29, 1.82) is 0 Å². The monoisotopic (exact) mass is 356 g/mol. The van der Waals surface area contributed by atoms with E-state index >= 15 is 0 Å². The predicted molar refractivity (Wildman–Crippen MR) is 100 cm³/mol. The van der Waals surface area contributed by atoms with Gasteiger partial charge in [0.05, 0.1) is 15.8 Å². The fourth-order valence-electron chi connectivity index (χ4n) is 2.32. The van der Waals surface area contributed by atoms with E-state index in [1.54, 1.807) is 12.1 Å². The smallest absolute Gasteiger partial charge is 0.267 e. The van der Waals surface area contributed by atoms with Gasteiger partial charge in [0.2, 0.25) is 0 Å². The second-order valence-corrected chi connectivity index (χ2v) is 6.14. The van der Waals surface area contributed by atoms with Crippen molar-refractivity contribution in [1.82, 2.24) is 5.43 Å². The van der Waals surface area contributed by atoms with Crippen LogP contribution in [0.3, 0.4) is 0 Å². The number of nitrogens with zero attached hydrogens (tertiary/aromatic N) is 1. The summed E-state index contributed by atoms with van der Waals surface area (Å²) in [5, 5.41) is 7.20. The zero-order chi connectivity index (χ0) is 17.1. The van der Waals surface area contributed by atoms with Crippen LogP contribution in [0.15, 0.2) is 65.8 Å². The van der Waals surface area contributed by atoms with Crippen molar-refractivity contribution in [2.75, 3.05) is 0 Å². The number of carbonyl (C=O) groups excluding carboxylic acids is 1. The fourth-order valence-corrected chi connectivity index (χ4v) is 2.61. The van der Waals surface area contributed by atoms with E-state index < -0.39 is 0 Å². The molecule has 0 atom stereocenters. The normalized spacial score (nSPS) is 11.5. The highest BCUT2D eigenvalue weighted by molar-refractivity contribution is 6.42. The second-order valence-electron chi connectivity index (χ2n) is 5.33. The van der Waals surface area contributed by atoms with Gasteiger partial charge in [-0.25, -0.2) is 5.43 Å². The lowest BCUT2D eigenvalue weighted by Crippen LogP contribution is -2.19. The summed E-state index contributed by atoms with van der Waals surface area (Å²) in [6.07, 6.45) is 0. The van der Waals surface area contributed by atoms with Gasteiger partial charge in [-0.15, -0.1) is 0 Å². The maximum absolute atomic E-state index is 12.1. The molecule has 3 aromatic carbocycles. The Morgan fingerprint density at radius 2 is 1.58 bits per heavy atom. The first-order valence-corrected chi connectivity index (χ1v) is 8.09. The average molecular weight is 357 g/mol. The molecule has 120 valence electrons. The Balaban J connectivity index is 1.79. The summed E-state index contributed by atoms with van der Waals surface area (Å²) in [4.78, 5) is 12.1. The Labute approximate surface area is 149 Å². The maximum Gasteiger partial charge on any atom is 0.271 e. The minimum absolute atomic E-state index is 0.333. The number of fused-ring (bicyclic) bond motifs is 1. The molecule has 0 aliphatic rings. The zero-order valence-corrected chi connectivity index (χ0v) is 14.4. The van der Waals surface area contributed by atoms with E-state index in [4.69, 9.17) is 23.2 Å². The van der Waals surface area contributed by atoms with E-state index in [0.29, 0.717) is 21.3 Å². The summed E-state index contributed by atoms with van der Waals surface area (Å²) in [6.45, 7) is 1.85. The van der Waals surface area contributed by atoms with Crippen LogP contribution in [0.5, 0.6) is 0 Å². The Morgan fingerprint density at radius 3 is 2.33 bits per heavy atom. The SMILES string of the molecule is CC(=NNC(=O)c1ccc(Cl)c(Cl)c1)c1ccc2ccccc2c1. The Bertz CT molecular complexity index is 951. The second kappa shape index (κ2) is 7.04. The standard InChI is InChI=1S/C19H14Cl2N2O/c1-12(14-7-6-13-4-2-3-5-15(13)10-14)22-23-19(24)16-8-9-17(20)18(21)11-16/h2-11H,1H3,(H,23,24). The molecular weight excluding hydrogens is 343 g/mol. The summed E-state index contributed by atoms with van der Waals surface area (Å²) in [5.74, 6) is -0.339. The molecule has 1 N–H and O–H groups in total. The molecule has 0 fully saturated rings. The van der Waals surface area contributed by atoms with Gasteiger partial charge < -0.3 is 0 Å². The van der Waals surface area contributed by atoms with E-state index in [2.05, 4.69) is 16.6 Å². The van der Waals surface area contributed by atoms with Crippen molar-refractivity contribution in [2.24, 2.45) is 5.10 Å². The van der Waals surface area contributed by atoms with Crippen LogP contribution in [0.25, 0.3) is 10.8 Å². The van der Waals surface area contributed by atoms with Gasteiger partial charge in [-0.2, -0.15) is 5.10 Å². The number of rotatable bonds is 3. The van der Waals surface area contributed by atoms with Crippen molar-refractivity contribution in [2.45, 2.75) is 6.92 Å². The molecule has 0 aliphatic heterocycles. The third-order valence-corrected chi connectivity index (χ3v) is 4.41. The summed E-state index contributed by atoms with van der Waals surface area (Å²) in [5.41, 5.74) is 4.61. The number of hydrogen-bond donors (Lipinski definition) is 1. The van der Waals surface area contributed by atoms with Crippen LogP contribution in [0.2, 0.25) is 10.0 Å². The van der Waals surface area contributed by atoms with Crippen LogP contribution in [0, 0.1) is 0 Å². The molecule has 0 saturated heterocycles. The van der Waals surface area contributed by atoms with Gasteiger partial charge in [0, 0.05) is 5.56 Å². The number of hydrogen-bond acceptors (Lipinski definition) is 2. The van der Waals surface area contributed by atoms with Gasteiger partial charge in [0.15, 0.2) is 0 Å². The number of carbonyl (C=O) groups is 1. The molecule has 24 heavy (non-hydrogen) atoms. The van der Waals surface area contributed by atoms with E-state index in [1.165, 1.54) is 6.07 Å². The lowest BCUT2D eigenvalue weighted by atomic mass is 10.0. The van der Waals surface area contributed by atoms with Crippen LogP contribution < -0.4 is 5.43 Å². The van der Waals surface area contributed by atoms with Gasteiger partial charge in [-0.1, -0.05) is 59.6 Å². The van der Waals surface area contributed by atoms with Gasteiger partial charge in [-0.05, 0) is 47.5 Å². The van der Waals surface area contributed by atoms with Gasteiger partial charge >= 0.3 is 0 Å². The molecule has 3 nitrogen and oxygen atoms in total. The molecule has 0 spiro atoms. The highest BCUT2D eigenvalue weighted by Crippen LogP contribution is 2.22. The molecule has 0 aromatic heterocycles. The third-order valence-electron chi connectivity index (χ3n) is 3.67. The number of benzene rings is 3. The topological polar surface area (TPSA) is 41.5 Å². The Hall–Kier alpha value is -2.36. The number of amides is 1. The van der Waals surface area contributed by atoms with Crippen LogP contribution in [-0.2, 0) is 0 Å². The molecule has 0 bridgehead atoms. The van der Waals surface area contributed by atoms with E-state index in [0.717, 1.165) is 16.3 Å². The molecule has 0 radical (unpaired) electrons. The first-order chi connectivity index (χ1) is 11.5. The van der Waals surface area contributed by atoms with Crippen molar-refractivity contribution < 1.29 is 4.79 Å². The van der Waals surface area contributed by atoms with Crippen LogP contribution in [-0.4, -0.2) is 11.6 Å². The lowest BCUT2D eigenvalue weighted by Gasteiger charge is -2.05. The average Bonchev–Trinajstić information content (AvgIpc) is 2.61. The first kappa shape index (κ1) is 16.5. The summed E-state index contributed by atoms with van der Waals surface area (Å²) >= 11 is 11.8. The highest BCUT2D eigenvalue weighted by Gasteiger charge is 2.08. The first-order valence-electron chi connectivity index (χ1n) is 7.33. The van der Waals surface area contributed by atoms with Crippen LogP contribution in [0.4, 0.5) is 0 Å². The molecular formula is C19H14Cl2N2O. The minimum Gasteiger partial charge on any atom is -0.267 e. The number of hydrazone groups is 1. The van der Waals surface area contributed by atoms with E-state index in [1.807, 2.05) is 43.3 Å². The van der Waals surface area contributed by atoms with Crippen LogP contribution in [0.1, 0.15) is 22.8 Å². The largest absolute Gasteiger partial charge is 0.271 e. The molecule has 0 aliphatic carbocycles. The zero-order valence-electron chi connectivity index (χ0n) is 12.9. The highest BCUT2D eigenvalue weighted by atomic mass is 35.5. The fraction of sp³-hybridized carbons (Fsp3) is 0.0526. The van der Waals surface area contributed by atoms with E-state index in [9.17, 15) is 4.79 Å². The third kappa shape index (κ3) is 3.58. The number of halogens is 2. The molecule has 0 unspecified atom stereocenters. The number of nitrogens with one attached hydrogen (secondary N) is 1. The summed E-state index contributed by atoms with van der Waals surface area (Å²) in [7, 11) is 0. The molecule has 1 amide bonds. The summed E-state index contributed by atoms with van der Waals surface area (Å²) < 4.78 is 0. The minimum atomic E-state index is -0.339. The molecule has 0 heterocycles. The van der Waals surface area contributed by atoms with Crippen molar-refractivity contribution in [3.8, 4) is 0 Å². The van der Waals surface area contributed by atoms with Crippen molar-refractivity contribution in [3.63, 3.8) is 0 Å². The van der Waals surface area contributed by atoms with E-state index in [-0.39, 0.29) is 5.91 Å². The molecule has 3 rings (SSSR count). The van der Waals surface area contributed by atoms with Gasteiger partial charge in [-0.3, -0.25) is 4.79 Å². The summed E-state index contributed by atoms with van der Waals surface area (Å²) in [6, 6.07) is 18.8. The van der Waals surface area contributed by atoms with Crippen molar-refractivity contribution >= 4 is 45.6 Å².